The molecule has 0 fully saturated rings. The Labute approximate surface area is 173 Å². The largest absolute Gasteiger partial charge is 0.493 e. The van der Waals surface area contributed by atoms with Crippen molar-refractivity contribution in [2.45, 2.75) is 46.7 Å². The van der Waals surface area contributed by atoms with Gasteiger partial charge in [0.25, 0.3) is 0 Å². The van der Waals surface area contributed by atoms with E-state index in [4.69, 9.17) is 13.9 Å². The van der Waals surface area contributed by atoms with Gasteiger partial charge in [0.05, 0.1) is 19.8 Å². The lowest BCUT2D eigenvalue weighted by atomic mass is 9.97. The summed E-state index contributed by atoms with van der Waals surface area (Å²) in [5.74, 6) is 1.86. The number of nitrogens with zero attached hydrogens (tertiary/aromatic N) is 2. The molecule has 1 aromatic heterocycles. The smallest absolute Gasteiger partial charge is 0.341 e. The van der Waals surface area contributed by atoms with Gasteiger partial charge in [0, 0.05) is 43.7 Å². The number of likely N-dealkylation sites (N-methyl/N-ethyl adjacent to an activating group) is 1. The fraction of sp³-hybridized carbons (Fsp3) is 0.609. The Balaban J connectivity index is 1.86. The van der Waals surface area contributed by atoms with Crippen LogP contribution in [0.25, 0.3) is 11.0 Å². The van der Waals surface area contributed by atoms with E-state index >= 15 is 0 Å². The highest BCUT2D eigenvalue weighted by Crippen LogP contribution is 2.35. The van der Waals surface area contributed by atoms with E-state index in [1.54, 1.807) is 20.3 Å². The van der Waals surface area contributed by atoms with Gasteiger partial charge in [0.15, 0.2) is 11.5 Å². The summed E-state index contributed by atoms with van der Waals surface area (Å²) in [5.41, 5.74) is 2.17. The standard InChI is InChI=1S/C23H34N2O4/c1-7-25(12-15(2)3)16(4)13-24-9-8-17-18-10-21(27-5)22(28-6)11-20(18)29-23(26)19(17)14-24/h10-11,15-16H,7-9,12-14H2,1-6H3. The maximum absolute atomic E-state index is 12.7. The van der Waals surface area contributed by atoms with Gasteiger partial charge < -0.3 is 13.9 Å². The highest BCUT2D eigenvalue weighted by atomic mass is 16.5. The Bertz CT molecular complexity index is 906. The van der Waals surface area contributed by atoms with E-state index in [1.807, 2.05) is 6.07 Å². The fourth-order valence-corrected chi connectivity index (χ4v) is 4.38. The van der Waals surface area contributed by atoms with Crippen molar-refractivity contribution in [1.82, 2.24) is 9.80 Å². The van der Waals surface area contributed by atoms with Gasteiger partial charge in [-0.1, -0.05) is 20.8 Å². The predicted molar refractivity (Wildman–Crippen MR) is 116 cm³/mol. The molecule has 2 heterocycles. The van der Waals surface area contributed by atoms with Crippen LogP contribution in [0.5, 0.6) is 11.5 Å². The zero-order chi connectivity index (χ0) is 21.1. The van der Waals surface area contributed by atoms with E-state index in [9.17, 15) is 4.79 Å². The Morgan fingerprint density at radius 1 is 1.14 bits per heavy atom. The van der Waals surface area contributed by atoms with Crippen LogP contribution in [0.1, 0.15) is 38.8 Å². The summed E-state index contributed by atoms with van der Waals surface area (Å²) in [4.78, 5) is 17.6. The number of methoxy groups -OCH3 is 2. The molecule has 1 atom stereocenters. The SMILES string of the molecule is CCN(CC(C)C)C(C)CN1CCc2c(c(=O)oc3cc(OC)c(OC)cc23)C1. The van der Waals surface area contributed by atoms with E-state index < -0.39 is 0 Å². The number of hydrogen-bond acceptors (Lipinski definition) is 6. The zero-order valence-electron chi connectivity index (χ0n) is 18.6. The van der Waals surface area contributed by atoms with Gasteiger partial charge in [-0.3, -0.25) is 9.80 Å². The Morgan fingerprint density at radius 2 is 1.83 bits per heavy atom. The molecule has 1 aliphatic rings. The molecule has 0 amide bonds. The van der Waals surface area contributed by atoms with Crippen molar-refractivity contribution in [3.8, 4) is 11.5 Å². The van der Waals surface area contributed by atoms with E-state index in [2.05, 4.69) is 37.5 Å². The third-order valence-corrected chi connectivity index (χ3v) is 5.84. The van der Waals surface area contributed by atoms with Crippen LogP contribution in [0.3, 0.4) is 0 Å². The molecule has 2 aromatic rings. The zero-order valence-corrected chi connectivity index (χ0v) is 18.6. The van der Waals surface area contributed by atoms with Crippen molar-refractivity contribution in [2.75, 3.05) is 40.4 Å². The topological polar surface area (TPSA) is 55.2 Å². The van der Waals surface area contributed by atoms with Crippen LogP contribution in [-0.2, 0) is 13.0 Å². The van der Waals surface area contributed by atoms with Crippen LogP contribution in [0.2, 0.25) is 0 Å². The maximum Gasteiger partial charge on any atom is 0.341 e. The molecule has 0 saturated heterocycles. The summed E-state index contributed by atoms with van der Waals surface area (Å²) in [5, 5.41) is 0.944. The molecule has 0 saturated carbocycles. The molecular formula is C23H34N2O4. The predicted octanol–water partition coefficient (Wildman–Crippen LogP) is 3.53. The van der Waals surface area contributed by atoms with Crippen LogP contribution in [0, 0.1) is 5.92 Å². The molecule has 1 aromatic carbocycles. The van der Waals surface area contributed by atoms with Crippen molar-refractivity contribution in [3.05, 3.63) is 33.7 Å². The van der Waals surface area contributed by atoms with Gasteiger partial charge in [-0.05, 0) is 37.4 Å². The van der Waals surface area contributed by atoms with Gasteiger partial charge in [-0.2, -0.15) is 0 Å². The second-order valence-corrected chi connectivity index (χ2v) is 8.37. The van der Waals surface area contributed by atoms with E-state index in [0.717, 1.165) is 49.1 Å². The second-order valence-electron chi connectivity index (χ2n) is 8.37. The lowest BCUT2D eigenvalue weighted by molar-refractivity contribution is 0.133. The average Bonchev–Trinajstić information content (AvgIpc) is 2.71. The minimum Gasteiger partial charge on any atom is -0.493 e. The maximum atomic E-state index is 12.7. The molecule has 6 heteroatoms. The molecule has 29 heavy (non-hydrogen) atoms. The second kappa shape index (κ2) is 9.18. The summed E-state index contributed by atoms with van der Waals surface area (Å²) in [6.45, 7) is 13.7. The van der Waals surface area contributed by atoms with Gasteiger partial charge in [-0.25, -0.2) is 4.79 Å². The van der Waals surface area contributed by atoms with E-state index in [1.165, 1.54) is 0 Å². The fourth-order valence-electron chi connectivity index (χ4n) is 4.38. The van der Waals surface area contributed by atoms with Crippen molar-refractivity contribution >= 4 is 11.0 Å². The number of hydrogen-bond donors (Lipinski definition) is 0. The first-order valence-corrected chi connectivity index (χ1v) is 10.5. The van der Waals surface area contributed by atoms with Gasteiger partial charge in [-0.15, -0.1) is 0 Å². The molecule has 0 bridgehead atoms. The van der Waals surface area contributed by atoms with Crippen molar-refractivity contribution in [3.63, 3.8) is 0 Å². The molecule has 1 unspecified atom stereocenters. The lowest BCUT2D eigenvalue weighted by Gasteiger charge is -2.35. The minimum absolute atomic E-state index is 0.244. The number of ether oxygens (including phenoxy) is 2. The first-order chi connectivity index (χ1) is 13.9. The molecule has 0 aliphatic carbocycles. The lowest BCUT2D eigenvalue weighted by Crippen LogP contribution is -2.45. The number of benzene rings is 1. The number of fused-ring (bicyclic) bond motifs is 3. The van der Waals surface area contributed by atoms with Crippen molar-refractivity contribution in [2.24, 2.45) is 5.92 Å². The molecule has 0 radical (unpaired) electrons. The third kappa shape index (κ3) is 4.59. The molecule has 1 aliphatic heterocycles. The average molecular weight is 403 g/mol. The van der Waals surface area contributed by atoms with Crippen LogP contribution >= 0.6 is 0 Å². The van der Waals surface area contributed by atoms with Gasteiger partial charge in [0.1, 0.15) is 5.58 Å². The van der Waals surface area contributed by atoms with Crippen LogP contribution in [0.4, 0.5) is 0 Å². The summed E-state index contributed by atoms with van der Waals surface area (Å²) >= 11 is 0. The van der Waals surface area contributed by atoms with Crippen molar-refractivity contribution in [1.29, 1.82) is 0 Å². The molecule has 0 spiro atoms. The molecule has 3 rings (SSSR count). The molecular weight excluding hydrogens is 368 g/mol. The third-order valence-electron chi connectivity index (χ3n) is 5.84. The highest BCUT2D eigenvalue weighted by molar-refractivity contribution is 5.85. The summed E-state index contributed by atoms with van der Waals surface area (Å²) in [6.07, 6.45) is 0.829. The summed E-state index contributed by atoms with van der Waals surface area (Å²) in [7, 11) is 3.20. The highest BCUT2D eigenvalue weighted by Gasteiger charge is 2.26. The van der Waals surface area contributed by atoms with Crippen LogP contribution in [0.15, 0.2) is 21.3 Å². The summed E-state index contributed by atoms with van der Waals surface area (Å²) < 4.78 is 16.4. The Hall–Kier alpha value is -2.05. The van der Waals surface area contributed by atoms with Crippen LogP contribution < -0.4 is 15.1 Å². The van der Waals surface area contributed by atoms with Crippen molar-refractivity contribution < 1.29 is 13.9 Å². The number of rotatable bonds is 8. The molecule has 0 N–H and O–H groups in total. The Kier molecular flexibility index (Phi) is 6.85. The van der Waals surface area contributed by atoms with Gasteiger partial charge >= 0.3 is 5.63 Å². The van der Waals surface area contributed by atoms with Gasteiger partial charge in [0.2, 0.25) is 0 Å². The molecule has 160 valence electrons. The Morgan fingerprint density at radius 3 is 2.45 bits per heavy atom. The quantitative estimate of drug-likeness (QED) is 0.630. The van der Waals surface area contributed by atoms with E-state index in [0.29, 0.717) is 35.6 Å². The first-order valence-electron chi connectivity index (χ1n) is 10.5. The monoisotopic (exact) mass is 402 g/mol. The van der Waals surface area contributed by atoms with E-state index in [-0.39, 0.29) is 5.63 Å². The normalized spacial score (nSPS) is 15.7. The summed E-state index contributed by atoms with van der Waals surface area (Å²) in [6, 6.07) is 4.12. The minimum atomic E-state index is -0.244. The first kappa shape index (κ1) is 21.7. The molecule has 6 nitrogen and oxygen atoms in total. The van der Waals surface area contributed by atoms with Crippen LogP contribution in [-0.4, -0.2) is 56.2 Å².